The van der Waals surface area contributed by atoms with Gasteiger partial charge in [-0.15, -0.1) is 0 Å². The predicted molar refractivity (Wildman–Crippen MR) is 81.4 cm³/mol. The zero-order chi connectivity index (χ0) is 13.1. The van der Waals surface area contributed by atoms with Crippen LogP contribution >= 0.6 is 0 Å². The van der Waals surface area contributed by atoms with Crippen molar-refractivity contribution in [2.24, 2.45) is 5.92 Å². The molecule has 2 saturated heterocycles. The Kier molecular flexibility index (Phi) is 4.81. The largest absolute Gasteiger partial charge is 0.298 e. The van der Waals surface area contributed by atoms with Gasteiger partial charge in [0.2, 0.25) is 0 Å². The number of piperazine rings is 1. The molecule has 110 valence electrons. The molecule has 3 rings (SSSR count). The van der Waals surface area contributed by atoms with Gasteiger partial charge in [0, 0.05) is 25.2 Å². The summed E-state index contributed by atoms with van der Waals surface area (Å²) in [7, 11) is 0. The lowest BCUT2D eigenvalue weighted by molar-refractivity contribution is 0.00524. The molecule has 2 aliphatic heterocycles. The lowest BCUT2D eigenvalue weighted by Gasteiger charge is -2.48. The van der Waals surface area contributed by atoms with Crippen molar-refractivity contribution in [3.63, 3.8) is 0 Å². The molecule has 0 radical (unpaired) electrons. The lowest BCUT2D eigenvalue weighted by atomic mass is 9.95. The molecular weight excluding hydrogens is 232 g/mol. The molecule has 0 spiro atoms. The molecule has 3 fully saturated rings. The number of rotatable bonds is 4. The van der Waals surface area contributed by atoms with E-state index in [-0.39, 0.29) is 0 Å². The van der Waals surface area contributed by atoms with Crippen molar-refractivity contribution in [1.82, 2.24) is 9.80 Å². The minimum absolute atomic E-state index is 0.843. The number of hydrogen-bond donors (Lipinski definition) is 0. The van der Waals surface area contributed by atoms with E-state index in [1.807, 2.05) is 0 Å². The zero-order valence-electron chi connectivity index (χ0n) is 12.8. The minimum atomic E-state index is 0.843. The van der Waals surface area contributed by atoms with Crippen molar-refractivity contribution >= 4 is 0 Å². The Labute approximate surface area is 119 Å². The lowest BCUT2D eigenvalue weighted by Crippen LogP contribution is -2.59. The fraction of sp³-hybridized carbons (Fsp3) is 1.00. The predicted octanol–water partition coefficient (Wildman–Crippen LogP) is 3.52. The van der Waals surface area contributed by atoms with E-state index in [1.165, 1.54) is 84.0 Å². The fourth-order valence-corrected chi connectivity index (χ4v) is 4.62. The van der Waals surface area contributed by atoms with Crippen LogP contribution in [0.15, 0.2) is 0 Å². The van der Waals surface area contributed by atoms with Crippen molar-refractivity contribution in [3.05, 3.63) is 0 Å². The Morgan fingerprint density at radius 3 is 2.53 bits per heavy atom. The molecule has 2 unspecified atom stereocenters. The van der Waals surface area contributed by atoms with Gasteiger partial charge >= 0.3 is 0 Å². The SMILES string of the molecule is CCC1CN2CCCCC2CN1CCC1CCCC1. The third-order valence-electron chi connectivity index (χ3n) is 5.93. The summed E-state index contributed by atoms with van der Waals surface area (Å²) in [6, 6.07) is 1.73. The Hall–Kier alpha value is -0.0800. The normalized spacial score (nSPS) is 34.6. The minimum Gasteiger partial charge on any atom is -0.298 e. The van der Waals surface area contributed by atoms with Crippen LogP contribution in [0.1, 0.15) is 64.7 Å². The highest BCUT2D eigenvalue weighted by molar-refractivity contribution is 4.90. The highest BCUT2D eigenvalue weighted by Crippen LogP contribution is 2.30. The van der Waals surface area contributed by atoms with E-state index in [0.29, 0.717) is 0 Å². The van der Waals surface area contributed by atoms with Crippen LogP contribution in [0.4, 0.5) is 0 Å². The van der Waals surface area contributed by atoms with Gasteiger partial charge in [-0.05, 0) is 44.7 Å². The molecule has 3 aliphatic rings. The second-order valence-electron chi connectivity index (χ2n) is 7.14. The molecule has 1 saturated carbocycles. The number of fused-ring (bicyclic) bond motifs is 1. The highest BCUT2D eigenvalue weighted by Gasteiger charge is 2.34. The Morgan fingerprint density at radius 2 is 1.74 bits per heavy atom. The van der Waals surface area contributed by atoms with E-state index in [9.17, 15) is 0 Å². The van der Waals surface area contributed by atoms with Crippen LogP contribution in [0.3, 0.4) is 0 Å². The average Bonchev–Trinajstić information content (AvgIpc) is 2.97. The van der Waals surface area contributed by atoms with Crippen LogP contribution < -0.4 is 0 Å². The molecule has 2 heterocycles. The summed E-state index contributed by atoms with van der Waals surface area (Å²) in [4.78, 5) is 5.65. The van der Waals surface area contributed by atoms with Crippen LogP contribution in [0.2, 0.25) is 0 Å². The van der Waals surface area contributed by atoms with Gasteiger partial charge in [0.05, 0.1) is 0 Å². The van der Waals surface area contributed by atoms with Crippen molar-refractivity contribution in [2.45, 2.75) is 76.8 Å². The van der Waals surface area contributed by atoms with E-state index in [1.54, 1.807) is 0 Å². The maximum absolute atomic E-state index is 2.85. The molecule has 0 aromatic rings. The third kappa shape index (κ3) is 3.33. The molecular formula is C17H32N2. The third-order valence-corrected chi connectivity index (χ3v) is 5.93. The second kappa shape index (κ2) is 6.58. The zero-order valence-corrected chi connectivity index (χ0v) is 12.8. The first-order valence-electron chi connectivity index (χ1n) is 8.85. The van der Waals surface area contributed by atoms with Crippen LogP contribution in [-0.4, -0.2) is 48.1 Å². The van der Waals surface area contributed by atoms with Gasteiger partial charge < -0.3 is 0 Å². The topological polar surface area (TPSA) is 6.48 Å². The maximum atomic E-state index is 2.85. The van der Waals surface area contributed by atoms with Gasteiger partial charge in [-0.1, -0.05) is 39.0 Å². The van der Waals surface area contributed by atoms with E-state index < -0.39 is 0 Å². The first-order valence-corrected chi connectivity index (χ1v) is 8.85. The van der Waals surface area contributed by atoms with Crippen LogP contribution in [0, 0.1) is 5.92 Å². The molecule has 19 heavy (non-hydrogen) atoms. The first kappa shape index (κ1) is 13.9. The Bertz CT molecular complexity index is 272. The first-order chi connectivity index (χ1) is 9.36. The molecule has 0 aromatic carbocycles. The average molecular weight is 264 g/mol. The van der Waals surface area contributed by atoms with E-state index in [2.05, 4.69) is 16.7 Å². The summed E-state index contributed by atoms with van der Waals surface area (Å²) in [5, 5.41) is 0. The molecule has 2 atom stereocenters. The molecule has 0 bridgehead atoms. The molecule has 1 aliphatic carbocycles. The Morgan fingerprint density at radius 1 is 0.947 bits per heavy atom. The summed E-state index contributed by atoms with van der Waals surface area (Å²) in [5.74, 6) is 1.06. The number of nitrogens with zero attached hydrogens (tertiary/aromatic N) is 2. The van der Waals surface area contributed by atoms with Gasteiger partial charge in [-0.3, -0.25) is 9.80 Å². The fourth-order valence-electron chi connectivity index (χ4n) is 4.62. The van der Waals surface area contributed by atoms with Gasteiger partial charge in [0.25, 0.3) is 0 Å². The van der Waals surface area contributed by atoms with E-state index >= 15 is 0 Å². The van der Waals surface area contributed by atoms with Gasteiger partial charge in [0.15, 0.2) is 0 Å². The van der Waals surface area contributed by atoms with Crippen LogP contribution in [-0.2, 0) is 0 Å². The molecule has 0 N–H and O–H groups in total. The monoisotopic (exact) mass is 264 g/mol. The molecule has 0 aromatic heterocycles. The van der Waals surface area contributed by atoms with Gasteiger partial charge in [-0.2, -0.15) is 0 Å². The summed E-state index contributed by atoms with van der Waals surface area (Å²) in [6.45, 7) is 7.86. The highest BCUT2D eigenvalue weighted by atomic mass is 15.3. The number of piperidine rings is 1. The smallest absolute Gasteiger partial charge is 0.0223 e. The summed E-state index contributed by atoms with van der Waals surface area (Å²) in [6.07, 6.45) is 13.2. The Balaban J connectivity index is 1.52. The van der Waals surface area contributed by atoms with Crippen LogP contribution in [0.5, 0.6) is 0 Å². The van der Waals surface area contributed by atoms with Crippen molar-refractivity contribution < 1.29 is 0 Å². The summed E-state index contributed by atoms with van der Waals surface area (Å²) >= 11 is 0. The summed E-state index contributed by atoms with van der Waals surface area (Å²) in [5.41, 5.74) is 0. The second-order valence-corrected chi connectivity index (χ2v) is 7.14. The summed E-state index contributed by atoms with van der Waals surface area (Å²) < 4.78 is 0. The standard InChI is InChI=1S/C17H32N2/c1-2-16-13-18-11-6-5-9-17(18)14-19(16)12-10-15-7-3-4-8-15/h15-17H,2-14H2,1H3. The molecule has 2 heteroatoms. The molecule has 0 amide bonds. The maximum Gasteiger partial charge on any atom is 0.0223 e. The number of hydrogen-bond acceptors (Lipinski definition) is 2. The van der Waals surface area contributed by atoms with Crippen LogP contribution in [0.25, 0.3) is 0 Å². The van der Waals surface area contributed by atoms with Crippen molar-refractivity contribution in [3.8, 4) is 0 Å². The van der Waals surface area contributed by atoms with Crippen molar-refractivity contribution in [1.29, 1.82) is 0 Å². The quantitative estimate of drug-likeness (QED) is 0.766. The molecule has 2 nitrogen and oxygen atoms in total. The van der Waals surface area contributed by atoms with Gasteiger partial charge in [-0.25, -0.2) is 0 Å². The van der Waals surface area contributed by atoms with E-state index in [0.717, 1.165) is 18.0 Å². The van der Waals surface area contributed by atoms with E-state index in [4.69, 9.17) is 0 Å². The van der Waals surface area contributed by atoms with Crippen molar-refractivity contribution in [2.75, 3.05) is 26.2 Å². The van der Waals surface area contributed by atoms with Gasteiger partial charge in [0.1, 0.15) is 0 Å².